The number of fused-ring (bicyclic) bond motifs is 3. The van der Waals surface area contributed by atoms with Gasteiger partial charge in [0.25, 0.3) is 5.91 Å². The van der Waals surface area contributed by atoms with E-state index in [9.17, 15) is 9.59 Å². The largest absolute Gasteiger partial charge is 0.451 e. The third-order valence-electron chi connectivity index (χ3n) is 5.65. The van der Waals surface area contributed by atoms with E-state index < -0.39 is 0 Å². The molecule has 4 rings (SSSR count). The highest BCUT2D eigenvalue weighted by atomic mass is 16.3. The Balaban J connectivity index is 1.54. The standard InChI is InChI=1S/C19H21NO3/c1-11(15-9-12-6-7-13(15)8-12)20-19(22)18-10-16(21)14-4-2-3-5-17(14)23-18/h2-5,10-13,15H,6-9H2,1H3,(H,20,22). The summed E-state index contributed by atoms with van der Waals surface area (Å²) in [6, 6.07) is 8.43. The van der Waals surface area contributed by atoms with E-state index >= 15 is 0 Å². The van der Waals surface area contributed by atoms with Crippen molar-refractivity contribution >= 4 is 16.9 Å². The Kier molecular flexibility index (Phi) is 3.47. The summed E-state index contributed by atoms with van der Waals surface area (Å²) in [6.45, 7) is 2.07. The minimum atomic E-state index is -0.289. The Hall–Kier alpha value is -2.10. The number of para-hydroxylation sites is 1. The molecule has 1 heterocycles. The first-order valence-electron chi connectivity index (χ1n) is 8.45. The van der Waals surface area contributed by atoms with E-state index in [1.54, 1.807) is 24.3 Å². The van der Waals surface area contributed by atoms with Gasteiger partial charge in [-0.15, -0.1) is 0 Å². The van der Waals surface area contributed by atoms with Gasteiger partial charge in [0.15, 0.2) is 11.2 Å². The topological polar surface area (TPSA) is 59.3 Å². The maximum Gasteiger partial charge on any atom is 0.287 e. The summed E-state index contributed by atoms with van der Waals surface area (Å²) in [7, 11) is 0. The van der Waals surface area contributed by atoms with Crippen LogP contribution in [0.1, 0.15) is 43.2 Å². The molecule has 2 saturated carbocycles. The average Bonchev–Trinajstić information content (AvgIpc) is 3.18. The molecule has 4 atom stereocenters. The molecule has 1 aromatic carbocycles. The maximum absolute atomic E-state index is 12.5. The Bertz CT molecular complexity index is 810. The van der Waals surface area contributed by atoms with Gasteiger partial charge >= 0.3 is 0 Å². The predicted octanol–water partition coefficient (Wildman–Crippen LogP) is 3.35. The number of carbonyl (C=O) groups excluding carboxylic acids is 1. The average molecular weight is 311 g/mol. The van der Waals surface area contributed by atoms with Crippen molar-refractivity contribution in [2.75, 3.05) is 0 Å². The lowest BCUT2D eigenvalue weighted by Crippen LogP contribution is -2.40. The minimum Gasteiger partial charge on any atom is -0.451 e. The van der Waals surface area contributed by atoms with Gasteiger partial charge in [-0.05, 0) is 56.1 Å². The van der Waals surface area contributed by atoms with Crippen molar-refractivity contribution < 1.29 is 9.21 Å². The van der Waals surface area contributed by atoms with E-state index in [4.69, 9.17) is 4.42 Å². The Labute approximate surface area is 134 Å². The molecular weight excluding hydrogens is 290 g/mol. The second-order valence-electron chi connectivity index (χ2n) is 7.07. The molecule has 1 N–H and O–H groups in total. The Morgan fingerprint density at radius 1 is 1.26 bits per heavy atom. The van der Waals surface area contributed by atoms with Gasteiger partial charge in [-0.25, -0.2) is 0 Å². The van der Waals surface area contributed by atoms with Gasteiger partial charge in [0.05, 0.1) is 5.39 Å². The quantitative estimate of drug-likeness (QED) is 0.945. The number of rotatable bonds is 3. The van der Waals surface area contributed by atoms with Gasteiger partial charge in [-0.3, -0.25) is 9.59 Å². The zero-order chi connectivity index (χ0) is 16.0. The van der Waals surface area contributed by atoms with E-state index in [-0.39, 0.29) is 23.1 Å². The Morgan fingerprint density at radius 3 is 2.83 bits per heavy atom. The molecule has 2 fully saturated rings. The minimum absolute atomic E-state index is 0.101. The summed E-state index contributed by atoms with van der Waals surface area (Å²) < 4.78 is 5.62. The molecule has 1 aromatic heterocycles. The van der Waals surface area contributed by atoms with Crippen LogP contribution in [0.5, 0.6) is 0 Å². The first-order chi connectivity index (χ1) is 11.1. The van der Waals surface area contributed by atoms with Gasteiger partial charge in [0, 0.05) is 12.1 Å². The van der Waals surface area contributed by atoms with Crippen molar-refractivity contribution in [1.29, 1.82) is 0 Å². The number of hydrogen-bond acceptors (Lipinski definition) is 3. The van der Waals surface area contributed by atoms with Crippen LogP contribution in [-0.4, -0.2) is 11.9 Å². The highest BCUT2D eigenvalue weighted by Crippen LogP contribution is 2.49. The summed E-state index contributed by atoms with van der Waals surface area (Å²) in [5, 5.41) is 3.55. The Morgan fingerprint density at radius 2 is 2.09 bits per heavy atom. The molecule has 4 unspecified atom stereocenters. The number of carbonyl (C=O) groups is 1. The van der Waals surface area contributed by atoms with E-state index in [1.165, 1.54) is 31.7 Å². The summed E-state index contributed by atoms with van der Waals surface area (Å²) in [4.78, 5) is 24.6. The molecule has 4 nitrogen and oxygen atoms in total. The van der Waals surface area contributed by atoms with Crippen LogP contribution < -0.4 is 10.7 Å². The van der Waals surface area contributed by atoms with Crippen LogP contribution in [-0.2, 0) is 0 Å². The van der Waals surface area contributed by atoms with Crippen molar-refractivity contribution in [1.82, 2.24) is 5.32 Å². The fraction of sp³-hybridized carbons (Fsp3) is 0.474. The van der Waals surface area contributed by atoms with Gasteiger partial charge in [-0.1, -0.05) is 18.6 Å². The lowest BCUT2D eigenvalue weighted by Gasteiger charge is -2.28. The second kappa shape index (κ2) is 5.52. The summed E-state index contributed by atoms with van der Waals surface area (Å²) >= 11 is 0. The van der Waals surface area contributed by atoms with E-state index in [2.05, 4.69) is 12.2 Å². The van der Waals surface area contributed by atoms with Crippen molar-refractivity contribution in [3.05, 3.63) is 46.3 Å². The third-order valence-corrected chi connectivity index (χ3v) is 5.65. The summed E-state index contributed by atoms with van der Waals surface area (Å²) in [6.07, 6.45) is 5.17. The predicted molar refractivity (Wildman–Crippen MR) is 88.4 cm³/mol. The van der Waals surface area contributed by atoms with E-state index in [1.807, 2.05) is 0 Å². The zero-order valence-electron chi connectivity index (χ0n) is 13.2. The maximum atomic E-state index is 12.5. The lowest BCUT2D eigenvalue weighted by atomic mass is 9.84. The normalized spacial score (nSPS) is 27.3. The van der Waals surface area contributed by atoms with Crippen molar-refractivity contribution in [3.8, 4) is 0 Å². The van der Waals surface area contributed by atoms with Crippen LogP contribution in [0.2, 0.25) is 0 Å². The first kappa shape index (κ1) is 14.5. The fourth-order valence-corrected chi connectivity index (χ4v) is 4.51. The van der Waals surface area contributed by atoms with Crippen LogP contribution in [0.3, 0.4) is 0 Å². The van der Waals surface area contributed by atoms with Crippen LogP contribution in [0.25, 0.3) is 11.0 Å². The molecule has 4 heteroatoms. The highest BCUT2D eigenvalue weighted by molar-refractivity contribution is 5.93. The van der Waals surface area contributed by atoms with Crippen molar-refractivity contribution in [2.24, 2.45) is 17.8 Å². The molecular formula is C19H21NO3. The van der Waals surface area contributed by atoms with Crippen molar-refractivity contribution in [2.45, 2.75) is 38.6 Å². The molecule has 2 bridgehead atoms. The second-order valence-corrected chi connectivity index (χ2v) is 7.07. The van der Waals surface area contributed by atoms with Crippen LogP contribution in [0, 0.1) is 17.8 Å². The molecule has 0 spiro atoms. The molecule has 0 radical (unpaired) electrons. The third kappa shape index (κ3) is 2.56. The van der Waals surface area contributed by atoms with Crippen LogP contribution in [0.15, 0.2) is 39.5 Å². The lowest BCUT2D eigenvalue weighted by molar-refractivity contribution is 0.0887. The number of hydrogen-bond donors (Lipinski definition) is 1. The monoisotopic (exact) mass is 311 g/mol. The first-order valence-corrected chi connectivity index (χ1v) is 8.45. The van der Waals surface area contributed by atoms with Crippen molar-refractivity contribution in [3.63, 3.8) is 0 Å². The number of amides is 1. The van der Waals surface area contributed by atoms with Crippen LogP contribution in [0.4, 0.5) is 0 Å². The number of nitrogens with one attached hydrogen (secondary N) is 1. The zero-order valence-corrected chi connectivity index (χ0v) is 13.2. The summed E-state index contributed by atoms with van der Waals surface area (Å²) in [5.41, 5.74) is 0.280. The summed E-state index contributed by atoms with van der Waals surface area (Å²) in [5.74, 6) is 1.97. The molecule has 2 aliphatic carbocycles. The number of benzene rings is 1. The molecule has 23 heavy (non-hydrogen) atoms. The smallest absolute Gasteiger partial charge is 0.287 e. The SMILES string of the molecule is CC(NC(=O)c1cc(=O)c2ccccc2o1)C1CC2CCC1C2. The molecule has 0 aliphatic heterocycles. The van der Waals surface area contributed by atoms with Gasteiger partial charge < -0.3 is 9.73 Å². The van der Waals surface area contributed by atoms with E-state index in [0.29, 0.717) is 16.9 Å². The molecule has 2 aromatic rings. The molecule has 1 amide bonds. The van der Waals surface area contributed by atoms with Gasteiger partial charge in [0.2, 0.25) is 0 Å². The highest BCUT2D eigenvalue weighted by Gasteiger charge is 2.42. The molecule has 120 valence electrons. The van der Waals surface area contributed by atoms with Gasteiger partial charge in [0.1, 0.15) is 5.58 Å². The van der Waals surface area contributed by atoms with Crippen LogP contribution >= 0.6 is 0 Å². The molecule has 2 aliphatic rings. The van der Waals surface area contributed by atoms with Gasteiger partial charge in [-0.2, -0.15) is 0 Å². The fourth-order valence-electron chi connectivity index (χ4n) is 4.51. The molecule has 0 saturated heterocycles. The van der Waals surface area contributed by atoms with E-state index in [0.717, 1.165) is 11.8 Å².